The van der Waals surface area contributed by atoms with Gasteiger partial charge in [-0.25, -0.2) is 0 Å². The van der Waals surface area contributed by atoms with Crippen molar-refractivity contribution >= 4 is 5.97 Å². The highest BCUT2D eigenvalue weighted by atomic mass is 16.6. The summed E-state index contributed by atoms with van der Waals surface area (Å²) < 4.78 is 9.99. The van der Waals surface area contributed by atoms with Crippen LogP contribution in [0.25, 0.3) is 0 Å². The molecule has 1 aliphatic rings. The van der Waals surface area contributed by atoms with Gasteiger partial charge < -0.3 is 14.8 Å². The molecule has 0 aromatic carbocycles. The number of rotatable bonds is 5. The summed E-state index contributed by atoms with van der Waals surface area (Å²) in [4.78, 5) is 11.8. The third-order valence-corrected chi connectivity index (χ3v) is 2.87. The van der Waals surface area contributed by atoms with Crippen molar-refractivity contribution < 1.29 is 14.3 Å². The van der Waals surface area contributed by atoms with Crippen molar-refractivity contribution in [2.75, 3.05) is 33.4 Å². The molecule has 1 fully saturated rings. The Kier molecular flexibility index (Phi) is 4.35. The van der Waals surface area contributed by atoms with Crippen LogP contribution in [0.2, 0.25) is 0 Å². The Morgan fingerprint density at radius 2 is 2.29 bits per heavy atom. The van der Waals surface area contributed by atoms with Crippen molar-refractivity contribution in [3.63, 3.8) is 0 Å². The zero-order valence-corrected chi connectivity index (χ0v) is 8.97. The first-order chi connectivity index (χ1) is 6.75. The molecule has 1 rings (SSSR count). The van der Waals surface area contributed by atoms with Crippen LogP contribution in [0.15, 0.2) is 0 Å². The first kappa shape index (κ1) is 11.5. The molecule has 1 saturated heterocycles. The summed E-state index contributed by atoms with van der Waals surface area (Å²) in [7, 11) is 1.60. The highest BCUT2D eigenvalue weighted by Crippen LogP contribution is 2.30. The molecule has 1 N–H and O–H groups in total. The van der Waals surface area contributed by atoms with Crippen molar-refractivity contribution in [2.45, 2.75) is 19.8 Å². The Bertz CT molecular complexity index is 188. The van der Waals surface area contributed by atoms with Crippen LogP contribution in [0, 0.1) is 5.41 Å². The van der Waals surface area contributed by atoms with E-state index in [1.165, 1.54) is 0 Å². The van der Waals surface area contributed by atoms with Gasteiger partial charge in [-0.2, -0.15) is 0 Å². The molecule has 0 saturated carbocycles. The fourth-order valence-corrected chi connectivity index (χ4v) is 1.73. The summed E-state index contributed by atoms with van der Waals surface area (Å²) in [5.74, 6) is -0.0814. The summed E-state index contributed by atoms with van der Waals surface area (Å²) in [5, 5.41) is 3.20. The molecule has 1 aliphatic heterocycles. The van der Waals surface area contributed by atoms with Gasteiger partial charge >= 0.3 is 5.97 Å². The van der Waals surface area contributed by atoms with Gasteiger partial charge in [-0.3, -0.25) is 4.79 Å². The summed E-state index contributed by atoms with van der Waals surface area (Å²) >= 11 is 0. The van der Waals surface area contributed by atoms with Crippen LogP contribution in [0.1, 0.15) is 19.8 Å². The number of nitrogens with one attached hydrogen (secondary N) is 1. The smallest absolute Gasteiger partial charge is 0.313 e. The highest BCUT2D eigenvalue weighted by molar-refractivity contribution is 5.77. The van der Waals surface area contributed by atoms with Crippen molar-refractivity contribution in [1.29, 1.82) is 0 Å². The molecule has 82 valence electrons. The second kappa shape index (κ2) is 5.32. The second-order valence-electron chi connectivity index (χ2n) is 3.69. The minimum atomic E-state index is -0.284. The zero-order valence-electron chi connectivity index (χ0n) is 8.97. The number of esters is 1. The fraction of sp³-hybridized carbons (Fsp3) is 0.900. The first-order valence-electron chi connectivity index (χ1n) is 5.12. The standard InChI is InChI=1S/C10H19NO3/c1-3-10(4-5-11-8-10)9(12)14-7-6-13-2/h11H,3-8H2,1-2H3. The normalized spacial score (nSPS) is 26.4. The van der Waals surface area contributed by atoms with Crippen LogP contribution in [0.3, 0.4) is 0 Å². The molecule has 0 bridgehead atoms. The topological polar surface area (TPSA) is 47.6 Å². The van der Waals surface area contributed by atoms with Gasteiger partial charge in [-0.1, -0.05) is 6.92 Å². The molecule has 0 amide bonds. The van der Waals surface area contributed by atoms with E-state index in [0.29, 0.717) is 13.2 Å². The summed E-state index contributed by atoms with van der Waals surface area (Å²) in [6, 6.07) is 0. The molecule has 1 heterocycles. The second-order valence-corrected chi connectivity index (χ2v) is 3.69. The zero-order chi connectivity index (χ0) is 10.4. The molecule has 0 spiro atoms. The van der Waals surface area contributed by atoms with E-state index in [9.17, 15) is 4.79 Å². The van der Waals surface area contributed by atoms with E-state index in [2.05, 4.69) is 5.32 Å². The molecular formula is C10H19NO3. The van der Waals surface area contributed by atoms with Gasteiger partial charge in [-0.05, 0) is 19.4 Å². The Morgan fingerprint density at radius 3 is 2.79 bits per heavy atom. The van der Waals surface area contributed by atoms with Gasteiger partial charge in [-0.15, -0.1) is 0 Å². The largest absolute Gasteiger partial charge is 0.463 e. The Balaban J connectivity index is 2.40. The van der Waals surface area contributed by atoms with Gasteiger partial charge in [0.25, 0.3) is 0 Å². The van der Waals surface area contributed by atoms with E-state index in [0.717, 1.165) is 25.9 Å². The van der Waals surface area contributed by atoms with Crippen molar-refractivity contribution in [3.05, 3.63) is 0 Å². The van der Waals surface area contributed by atoms with Gasteiger partial charge in [0.05, 0.1) is 12.0 Å². The lowest BCUT2D eigenvalue weighted by molar-refractivity contribution is -0.156. The summed E-state index contributed by atoms with van der Waals surface area (Å²) in [5.41, 5.74) is -0.284. The number of methoxy groups -OCH3 is 1. The Hall–Kier alpha value is -0.610. The van der Waals surface area contributed by atoms with E-state index in [1.54, 1.807) is 7.11 Å². The minimum Gasteiger partial charge on any atom is -0.463 e. The number of hydrogen-bond acceptors (Lipinski definition) is 4. The summed E-state index contributed by atoms with van der Waals surface area (Å²) in [6.45, 7) is 4.52. The number of carbonyl (C=O) groups excluding carboxylic acids is 1. The first-order valence-corrected chi connectivity index (χ1v) is 5.12. The molecule has 0 aromatic rings. The maximum absolute atomic E-state index is 11.8. The predicted molar refractivity (Wildman–Crippen MR) is 53.0 cm³/mol. The molecule has 4 nitrogen and oxygen atoms in total. The number of ether oxygens (including phenoxy) is 2. The van der Waals surface area contributed by atoms with E-state index in [4.69, 9.17) is 9.47 Å². The summed E-state index contributed by atoms with van der Waals surface area (Å²) in [6.07, 6.45) is 1.72. The van der Waals surface area contributed by atoms with Gasteiger partial charge in [0, 0.05) is 13.7 Å². The van der Waals surface area contributed by atoms with Gasteiger partial charge in [0.2, 0.25) is 0 Å². The molecule has 0 radical (unpaired) electrons. The molecule has 0 aromatic heterocycles. The van der Waals surface area contributed by atoms with E-state index in [-0.39, 0.29) is 11.4 Å². The third-order valence-electron chi connectivity index (χ3n) is 2.87. The van der Waals surface area contributed by atoms with Gasteiger partial charge in [0.1, 0.15) is 6.61 Å². The van der Waals surface area contributed by atoms with Crippen LogP contribution in [0.5, 0.6) is 0 Å². The molecule has 1 unspecified atom stereocenters. The lowest BCUT2D eigenvalue weighted by atomic mass is 9.84. The van der Waals surface area contributed by atoms with E-state index < -0.39 is 0 Å². The monoisotopic (exact) mass is 201 g/mol. The maximum atomic E-state index is 11.8. The lowest BCUT2D eigenvalue weighted by Crippen LogP contribution is -2.35. The molecule has 0 aliphatic carbocycles. The van der Waals surface area contributed by atoms with Crippen molar-refractivity contribution in [2.24, 2.45) is 5.41 Å². The average molecular weight is 201 g/mol. The van der Waals surface area contributed by atoms with Crippen LogP contribution >= 0.6 is 0 Å². The lowest BCUT2D eigenvalue weighted by Gasteiger charge is -2.23. The predicted octanol–water partition coefficient (Wildman–Crippen LogP) is 0.566. The van der Waals surface area contributed by atoms with E-state index in [1.807, 2.05) is 6.92 Å². The Labute approximate surface area is 85.0 Å². The SMILES string of the molecule is CCC1(C(=O)OCCOC)CCNC1. The van der Waals surface area contributed by atoms with Gasteiger partial charge in [0.15, 0.2) is 0 Å². The van der Waals surface area contributed by atoms with Crippen molar-refractivity contribution in [1.82, 2.24) is 5.32 Å². The van der Waals surface area contributed by atoms with Crippen molar-refractivity contribution in [3.8, 4) is 0 Å². The number of hydrogen-bond donors (Lipinski definition) is 1. The van der Waals surface area contributed by atoms with Crippen LogP contribution < -0.4 is 5.32 Å². The Morgan fingerprint density at radius 1 is 1.50 bits per heavy atom. The minimum absolute atomic E-state index is 0.0814. The highest BCUT2D eigenvalue weighted by Gasteiger charge is 2.40. The molecule has 1 atom stereocenters. The quantitative estimate of drug-likeness (QED) is 0.521. The average Bonchev–Trinajstić information content (AvgIpc) is 2.67. The molecule has 14 heavy (non-hydrogen) atoms. The van der Waals surface area contributed by atoms with Crippen LogP contribution in [-0.2, 0) is 14.3 Å². The third kappa shape index (κ3) is 2.45. The fourth-order valence-electron chi connectivity index (χ4n) is 1.73. The molecular weight excluding hydrogens is 182 g/mol. The molecule has 4 heteroatoms. The van der Waals surface area contributed by atoms with E-state index >= 15 is 0 Å². The van der Waals surface area contributed by atoms with Crippen LogP contribution in [-0.4, -0.2) is 39.4 Å². The van der Waals surface area contributed by atoms with Crippen LogP contribution in [0.4, 0.5) is 0 Å². The maximum Gasteiger partial charge on any atom is 0.313 e. The number of carbonyl (C=O) groups is 1.